The van der Waals surface area contributed by atoms with E-state index >= 15 is 4.39 Å². The van der Waals surface area contributed by atoms with Crippen LogP contribution in [0, 0.1) is 6.92 Å². The highest BCUT2D eigenvalue weighted by Crippen LogP contribution is 2.40. The van der Waals surface area contributed by atoms with Crippen LogP contribution >= 0.6 is 0 Å². The van der Waals surface area contributed by atoms with Crippen molar-refractivity contribution in [2.24, 2.45) is 0 Å². The number of aryl methyl sites for hydroxylation is 1. The van der Waals surface area contributed by atoms with Crippen LogP contribution in [0.15, 0.2) is 30.0 Å². The summed E-state index contributed by atoms with van der Waals surface area (Å²) >= 11 is 0. The summed E-state index contributed by atoms with van der Waals surface area (Å²) in [4.78, 5) is 0. The van der Waals surface area contributed by atoms with Crippen molar-refractivity contribution in [1.29, 1.82) is 0 Å². The Kier molecular flexibility index (Phi) is 5.34. The minimum absolute atomic E-state index is 0.371. The summed E-state index contributed by atoms with van der Waals surface area (Å²) < 4.78 is 31.9. The first-order valence-electron chi connectivity index (χ1n) is 7.98. The maximum absolute atomic E-state index is 15.1. The summed E-state index contributed by atoms with van der Waals surface area (Å²) in [5.41, 5.74) is 1.05. The molecule has 0 aromatic heterocycles. The van der Waals surface area contributed by atoms with Crippen molar-refractivity contribution >= 4 is 12.7 Å². The number of methoxy groups -OCH3 is 1. The van der Waals surface area contributed by atoms with Crippen LogP contribution in [-0.4, -0.2) is 32.0 Å². The molecule has 1 heterocycles. The molecule has 0 amide bonds. The predicted molar refractivity (Wildman–Crippen MR) is 91.8 cm³/mol. The van der Waals surface area contributed by atoms with Crippen molar-refractivity contribution in [3.8, 4) is 0 Å². The standard InChI is InChI=1S/C18H26BFO3/c1-13-7-9-14(10-8-13)15(11-12-21-6)16(20)19-22-17(2,3)18(4,5)23-19/h7-10H,11-12H2,1-6H3. The molecule has 1 aromatic rings. The fraction of sp³-hybridized carbons (Fsp3) is 0.556. The summed E-state index contributed by atoms with van der Waals surface area (Å²) in [5.74, 6) is 0. The fourth-order valence-corrected chi connectivity index (χ4v) is 2.45. The zero-order valence-electron chi connectivity index (χ0n) is 14.9. The minimum atomic E-state index is -0.979. The normalized spacial score (nSPS) is 20.6. The van der Waals surface area contributed by atoms with Crippen LogP contribution in [0.1, 0.15) is 45.2 Å². The van der Waals surface area contributed by atoms with Gasteiger partial charge in [0, 0.05) is 7.11 Å². The lowest BCUT2D eigenvalue weighted by Gasteiger charge is -2.32. The zero-order valence-corrected chi connectivity index (χ0v) is 14.9. The largest absolute Gasteiger partial charge is 0.525 e. The second-order valence-corrected chi connectivity index (χ2v) is 7.02. The number of ether oxygens (including phenoxy) is 1. The summed E-state index contributed by atoms with van der Waals surface area (Å²) in [5, 5.41) is 0. The Morgan fingerprint density at radius 3 is 2.09 bits per heavy atom. The third kappa shape index (κ3) is 3.85. The van der Waals surface area contributed by atoms with Crippen molar-refractivity contribution in [3.63, 3.8) is 0 Å². The molecule has 1 aliphatic heterocycles. The third-order valence-electron chi connectivity index (χ3n) is 4.70. The number of hydrogen-bond acceptors (Lipinski definition) is 3. The van der Waals surface area contributed by atoms with E-state index in [4.69, 9.17) is 14.0 Å². The van der Waals surface area contributed by atoms with Gasteiger partial charge in [0.25, 0.3) is 0 Å². The van der Waals surface area contributed by atoms with Crippen LogP contribution in [0.4, 0.5) is 4.39 Å². The van der Waals surface area contributed by atoms with Crippen molar-refractivity contribution in [2.75, 3.05) is 13.7 Å². The molecule has 1 saturated heterocycles. The van der Waals surface area contributed by atoms with Gasteiger partial charge in [-0.1, -0.05) is 29.8 Å². The molecule has 126 valence electrons. The predicted octanol–water partition coefficient (Wildman–Crippen LogP) is 4.34. The molecular weight excluding hydrogens is 294 g/mol. The number of halogens is 1. The van der Waals surface area contributed by atoms with Crippen LogP contribution in [0.3, 0.4) is 0 Å². The first-order chi connectivity index (χ1) is 10.7. The van der Waals surface area contributed by atoms with Crippen LogP contribution in [-0.2, 0) is 14.0 Å². The van der Waals surface area contributed by atoms with Gasteiger partial charge in [0.2, 0.25) is 0 Å². The molecule has 0 unspecified atom stereocenters. The van der Waals surface area contributed by atoms with Crippen molar-refractivity contribution in [2.45, 2.75) is 52.2 Å². The van der Waals surface area contributed by atoms with E-state index in [0.717, 1.165) is 11.1 Å². The van der Waals surface area contributed by atoms with Gasteiger partial charge in [-0.2, -0.15) is 0 Å². The molecule has 3 nitrogen and oxygen atoms in total. The number of hydrogen-bond donors (Lipinski definition) is 0. The maximum atomic E-state index is 15.1. The molecule has 1 aromatic carbocycles. The molecule has 0 atom stereocenters. The fourth-order valence-electron chi connectivity index (χ4n) is 2.45. The first kappa shape index (κ1) is 18.2. The van der Waals surface area contributed by atoms with E-state index in [0.29, 0.717) is 18.6 Å². The Balaban J connectivity index is 2.36. The van der Waals surface area contributed by atoms with E-state index < -0.39 is 18.3 Å². The Morgan fingerprint density at radius 2 is 1.61 bits per heavy atom. The minimum Gasteiger partial charge on any atom is -0.398 e. The molecule has 0 N–H and O–H groups in total. The summed E-state index contributed by atoms with van der Waals surface area (Å²) in [6.07, 6.45) is 0.468. The molecule has 23 heavy (non-hydrogen) atoms. The Hall–Kier alpha value is -1.17. The molecule has 0 saturated carbocycles. The van der Waals surface area contributed by atoms with Gasteiger partial charge in [-0.15, -0.1) is 0 Å². The molecule has 1 fully saturated rings. The summed E-state index contributed by atoms with van der Waals surface area (Å²) in [6.45, 7) is 10.1. The summed E-state index contributed by atoms with van der Waals surface area (Å²) in [7, 11) is 0.632. The van der Waals surface area contributed by atoms with Crippen LogP contribution in [0.5, 0.6) is 0 Å². The van der Waals surface area contributed by atoms with Gasteiger partial charge in [0.1, 0.15) is 5.73 Å². The van der Waals surface area contributed by atoms with Crippen molar-refractivity contribution in [1.82, 2.24) is 0 Å². The van der Waals surface area contributed by atoms with E-state index in [2.05, 4.69) is 0 Å². The van der Waals surface area contributed by atoms with Gasteiger partial charge in [-0.3, -0.25) is 0 Å². The van der Waals surface area contributed by atoms with Crippen LogP contribution in [0.2, 0.25) is 0 Å². The molecular formula is C18H26BFO3. The SMILES string of the molecule is COCCC(=C(F)B1OC(C)(C)C(C)(C)O1)c1ccc(C)cc1. The molecule has 2 rings (SSSR count). The highest BCUT2D eigenvalue weighted by molar-refractivity contribution is 6.55. The van der Waals surface area contributed by atoms with Crippen LogP contribution < -0.4 is 0 Å². The lowest BCUT2D eigenvalue weighted by atomic mass is 9.81. The molecule has 0 radical (unpaired) electrons. The highest BCUT2D eigenvalue weighted by Gasteiger charge is 2.53. The van der Waals surface area contributed by atoms with Gasteiger partial charge in [-0.05, 0) is 52.2 Å². The monoisotopic (exact) mass is 320 g/mol. The first-order valence-corrected chi connectivity index (χ1v) is 7.98. The van der Waals surface area contributed by atoms with Crippen molar-refractivity contribution < 1.29 is 18.4 Å². The van der Waals surface area contributed by atoms with E-state index in [-0.39, 0.29) is 5.73 Å². The highest BCUT2D eigenvalue weighted by atomic mass is 19.1. The number of rotatable bonds is 5. The second-order valence-electron chi connectivity index (χ2n) is 7.02. The molecule has 0 spiro atoms. The number of benzene rings is 1. The third-order valence-corrected chi connectivity index (χ3v) is 4.70. The summed E-state index contributed by atoms with van der Waals surface area (Å²) in [6, 6.07) is 7.79. The van der Waals surface area contributed by atoms with E-state index in [1.165, 1.54) is 0 Å². The van der Waals surface area contributed by atoms with Gasteiger partial charge in [-0.25, -0.2) is 4.39 Å². The lowest BCUT2D eigenvalue weighted by molar-refractivity contribution is 0.00578. The zero-order chi connectivity index (χ0) is 17.3. The Labute approximate surface area is 139 Å². The van der Waals surface area contributed by atoms with Gasteiger partial charge in [0.05, 0.1) is 17.8 Å². The average molecular weight is 320 g/mol. The topological polar surface area (TPSA) is 27.7 Å². The van der Waals surface area contributed by atoms with E-state index in [1.807, 2.05) is 58.9 Å². The van der Waals surface area contributed by atoms with Crippen molar-refractivity contribution in [3.05, 3.63) is 41.1 Å². The lowest BCUT2D eigenvalue weighted by Crippen LogP contribution is -2.41. The van der Waals surface area contributed by atoms with E-state index in [1.54, 1.807) is 7.11 Å². The maximum Gasteiger partial charge on any atom is 0.525 e. The van der Waals surface area contributed by atoms with Gasteiger partial charge < -0.3 is 14.0 Å². The quantitative estimate of drug-likeness (QED) is 0.755. The average Bonchev–Trinajstić information content (AvgIpc) is 2.69. The molecule has 5 heteroatoms. The smallest absolute Gasteiger partial charge is 0.398 e. The molecule has 0 aliphatic carbocycles. The molecule has 1 aliphatic rings. The van der Waals surface area contributed by atoms with E-state index in [9.17, 15) is 0 Å². The Bertz CT molecular complexity index is 562. The Morgan fingerprint density at radius 1 is 1.09 bits per heavy atom. The van der Waals surface area contributed by atoms with Gasteiger partial charge in [0.15, 0.2) is 0 Å². The van der Waals surface area contributed by atoms with Crippen LogP contribution in [0.25, 0.3) is 5.57 Å². The molecule has 0 bridgehead atoms. The van der Waals surface area contributed by atoms with Gasteiger partial charge >= 0.3 is 7.12 Å². The second kappa shape index (κ2) is 6.75.